The molecule has 0 fully saturated rings. The predicted octanol–water partition coefficient (Wildman–Crippen LogP) is 0.427. The SMILES string of the molecule is CN(C)S(=O)(=O)CCn1cnc2cccc(F)c2c1=O. The van der Waals surface area contributed by atoms with Crippen LogP contribution in [0, 0.1) is 5.82 Å². The van der Waals surface area contributed by atoms with Crippen molar-refractivity contribution in [2.24, 2.45) is 0 Å². The molecule has 0 bridgehead atoms. The van der Waals surface area contributed by atoms with Gasteiger partial charge in [-0.1, -0.05) is 6.07 Å². The highest BCUT2D eigenvalue weighted by molar-refractivity contribution is 7.89. The molecule has 6 nitrogen and oxygen atoms in total. The third kappa shape index (κ3) is 2.70. The first-order valence-electron chi connectivity index (χ1n) is 5.87. The standard InChI is InChI=1S/C12H14FN3O3S/c1-15(2)20(18,19)7-6-16-8-14-10-5-3-4-9(13)11(10)12(16)17/h3-5,8H,6-7H2,1-2H3. The third-order valence-electron chi connectivity index (χ3n) is 2.95. The fourth-order valence-corrected chi connectivity index (χ4v) is 2.51. The minimum absolute atomic E-state index is 0.0728. The van der Waals surface area contributed by atoms with E-state index in [9.17, 15) is 17.6 Å². The van der Waals surface area contributed by atoms with E-state index >= 15 is 0 Å². The van der Waals surface area contributed by atoms with Crippen molar-refractivity contribution in [3.63, 3.8) is 0 Å². The van der Waals surface area contributed by atoms with Crippen molar-refractivity contribution < 1.29 is 12.8 Å². The van der Waals surface area contributed by atoms with Crippen LogP contribution in [-0.4, -0.2) is 42.1 Å². The maximum absolute atomic E-state index is 13.6. The molecule has 108 valence electrons. The molecule has 1 heterocycles. The second-order valence-electron chi connectivity index (χ2n) is 4.48. The third-order valence-corrected chi connectivity index (χ3v) is 4.76. The zero-order valence-corrected chi connectivity index (χ0v) is 11.9. The van der Waals surface area contributed by atoms with Gasteiger partial charge in [-0.25, -0.2) is 22.1 Å². The molecule has 2 aromatic rings. The van der Waals surface area contributed by atoms with Gasteiger partial charge in [0.1, 0.15) is 11.2 Å². The van der Waals surface area contributed by atoms with E-state index in [4.69, 9.17) is 0 Å². The zero-order chi connectivity index (χ0) is 14.9. The second kappa shape index (κ2) is 5.29. The van der Waals surface area contributed by atoms with Crippen LogP contribution < -0.4 is 5.56 Å². The molecule has 20 heavy (non-hydrogen) atoms. The largest absolute Gasteiger partial charge is 0.298 e. The van der Waals surface area contributed by atoms with Gasteiger partial charge >= 0.3 is 0 Å². The number of aromatic nitrogens is 2. The van der Waals surface area contributed by atoms with Crippen molar-refractivity contribution in [2.75, 3.05) is 19.8 Å². The molecule has 0 aliphatic rings. The van der Waals surface area contributed by atoms with E-state index in [1.807, 2.05) is 0 Å². The van der Waals surface area contributed by atoms with E-state index in [-0.39, 0.29) is 23.2 Å². The molecule has 0 aliphatic carbocycles. The van der Waals surface area contributed by atoms with Crippen LogP contribution >= 0.6 is 0 Å². The van der Waals surface area contributed by atoms with Crippen molar-refractivity contribution in [3.8, 4) is 0 Å². The summed E-state index contributed by atoms with van der Waals surface area (Å²) in [6.07, 6.45) is 1.23. The summed E-state index contributed by atoms with van der Waals surface area (Å²) in [6, 6.07) is 4.16. The van der Waals surface area contributed by atoms with Gasteiger partial charge in [0.25, 0.3) is 5.56 Å². The number of benzene rings is 1. The number of hydrogen-bond donors (Lipinski definition) is 0. The molecule has 2 rings (SSSR count). The van der Waals surface area contributed by atoms with Gasteiger partial charge in [0.05, 0.1) is 17.6 Å². The highest BCUT2D eigenvalue weighted by atomic mass is 32.2. The summed E-state index contributed by atoms with van der Waals surface area (Å²) in [5.41, 5.74) is -0.330. The molecular formula is C12H14FN3O3S. The summed E-state index contributed by atoms with van der Waals surface area (Å²) in [6.45, 7) is -0.0728. The zero-order valence-electron chi connectivity index (χ0n) is 11.1. The molecule has 0 amide bonds. The average Bonchev–Trinajstić information content (AvgIpc) is 2.37. The molecular weight excluding hydrogens is 285 g/mol. The lowest BCUT2D eigenvalue weighted by Gasteiger charge is -2.12. The van der Waals surface area contributed by atoms with Crippen LogP contribution in [0.1, 0.15) is 0 Å². The maximum Gasteiger partial charge on any atom is 0.264 e. The summed E-state index contributed by atoms with van der Waals surface area (Å²) in [7, 11) is -0.598. The van der Waals surface area contributed by atoms with Crippen molar-refractivity contribution in [1.29, 1.82) is 0 Å². The van der Waals surface area contributed by atoms with Gasteiger partial charge in [-0.3, -0.25) is 9.36 Å². The summed E-state index contributed by atoms with van der Waals surface area (Å²) in [4.78, 5) is 16.1. The first-order valence-corrected chi connectivity index (χ1v) is 7.48. The van der Waals surface area contributed by atoms with Crippen LogP contribution in [0.2, 0.25) is 0 Å². The molecule has 0 spiro atoms. The number of aryl methyl sites for hydroxylation is 1. The highest BCUT2D eigenvalue weighted by Gasteiger charge is 2.15. The van der Waals surface area contributed by atoms with E-state index in [0.717, 1.165) is 8.87 Å². The van der Waals surface area contributed by atoms with E-state index in [0.29, 0.717) is 0 Å². The minimum Gasteiger partial charge on any atom is -0.298 e. The Morgan fingerprint density at radius 1 is 1.35 bits per heavy atom. The lowest BCUT2D eigenvalue weighted by molar-refractivity contribution is 0.514. The Balaban J connectivity index is 2.40. The van der Waals surface area contributed by atoms with E-state index in [1.54, 1.807) is 0 Å². The van der Waals surface area contributed by atoms with E-state index in [1.165, 1.54) is 38.6 Å². The van der Waals surface area contributed by atoms with Gasteiger partial charge in [0.15, 0.2) is 0 Å². The van der Waals surface area contributed by atoms with Crippen LogP contribution in [-0.2, 0) is 16.6 Å². The lowest BCUT2D eigenvalue weighted by Crippen LogP contribution is -2.30. The number of hydrogen-bond acceptors (Lipinski definition) is 4. The molecule has 0 radical (unpaired) electrons. The highest BCUT2D eigenvalue weighted by Crippen LogP contribution is 2.10. The van der Waals surface area contributed by atoms with Crippen molar-refractivity contribution in [1.82, 2.24) is 13.9 Å². The Labute approximate surface area is 115 Å². The molecule has 1 aromatic heterocycles. The van der Waals surface area contributed by atoms with Gasteiger partial charge in [0, 0.05) is 20.6 Å². The van der Waals surface area contributed by atoms with Crippen LogP contribution in [0.3, 0.4) is 0 Å². The fourth-order valence-electron chi connectivity index (χ4n) is 1.72. The average molecular weight is 299 g/mol. The molecule has 1 aromatic carbocycles. The molecule has 0 unspecified atom stereocenters. The topological polar surface area (TPSA) is 72.3 Å². The first kappa shape index (κ1) is 14.6. The summed E-state index contributed by atoms with van der Waals surface area (Å²) < 4.78 is 39.2. The Morgan fingerprint density at radius 2 is 2.05 bits per heavy atom. The second-order valence-corrected chi connectivity index (χ2v) is 6.78. The summed E-state index contributed by atoms with van der Waals surface area (Å²) in [5.74, 6) is -0.911. The number of nitrogens with zero attached hydrogens (tertiary/aromatic N) is 3. The molecule has 0 saturated carbocycles. The molecule has 0 N–H and O–H groups in total. The van der Waals surface area contributed by atoms with Crippen molar-refractivity contribution >= 4 is 20.9 Å². The number of rotatable bonds is 4. The van der Waals surface area contributed by atoms with E-state index in [2.05, 4.69) is 4.98 Å². The van der Waals surface area contributed by atoms with Crippen molar-refractivity contribution in [3.05, 3.63) is 40.7 Å². The normalized spacial score (nSPS) is 12.2. The maximum atomic E-state index is 13.6. The predicted molar refractivity (Wildman–Crippen MR) is 73.4 cm³/mol. The lowest BCUT2D eigenvalue weighted by atomic mass is 10.2. The quantitative estimate of drug-likeness (QED) is 0.820. The van der Waals surface area contributed by atoms with Gasteiger partial charge in [-0.15, -0.1) is 0 Å². The molecule has 0 atom stereocenters. The van der Waals surface area contributed by atoms with Gasteiger partial charge in [0.2, 0.25) is 10.0 Å². The smallest absolute Gasteiger partial charge is 0.264 e. The fraction of sp³-hybridized carbons (Fsp3) is 0.333. The first-order chi connectivity index (χ1) is 9.33. The number of sulfonamides is 1. The molecule has 0 aliphatic heterocycles. The number of fused-ring (bicyclic) bond motifs is 1. The minimum atomic E-state index is -3.42. The van der Waals surface area contributed by atoms with Crippen LogP contribution in [0.4, 0.5) is 4.39 Å². The monoisotopic (exact) mass is 299 g/mol. The van der Waals surface area contributed by atoms with Gasteiger partial charge in [-0.05, 0) is 12.1 Å². The van der Waals surface area contributed by atoms with Gasteiger partial charge < -0.3 is 0 Å². The van der Waals surface area contributed by atoms with Crippen LogP contribution in [0.25, 0.3) is 10.9 Å². The molecule has 0 saturated heterocycles. The number of halogens is 1. The summed E-state index contributed by atoms with van der Waals surface area (Å²) in [5, 5.41) is -0.128. The van der Waals surface area contributed by atoms with Crippen LogP contribution in [0.15, 0.2) is 29.3 Å². The van der Waals surface area contributed by atoms with E-state index < -0.39 is 21.4 Å². The Bertz CT molecular complexity index is 799. The van der Waals surface area contributed by atoms with Gasteiger partial charge in [-0.2, -0.15) is 0 Å². The van der Waals surface area contributed by atoms with Crippen molar-refractivity contribution in [2.45, 2.75) is 6.54 Å². The Morgan fingerprint density at radius 3 is 2.70 bits per heavy atom. The van der Waals surface area contributed by atoms with Crippen LogP contribution in [0.5, 0.6) is 0 Å². The summed E-state index contributed by atoms with van der Waals surface area (Å²) >= 11 is 0. The Hall–Kier alpha value is -1.80. The Kier molecular flexibility index (Phi) is 3.87. The molecule has 8 heteroatoms.